The van der Waals surface area contributed by atoms with Gasteiger partial charge >= 0.3 is 0 Å². The molecule has 2 unspecified atom stereocenters. The molecular weight excluding hydrogens is 825 g/mol. The van der Waals surface area contributed by atoms with E-state index in [1.54, 1.807) is 34.0 Å². The maximum Gasteiger partial charge on any atom is 0.276 e. The Labute approximate surface area is 365 Å². The molecule has 2 fully saturated rings. The molecule has 0 radical (unpaired) electrons. The number of carbonyl (C=O) groups is 5. The first kappa shape index (κ1) is 41.8. The fourth-order valence-corrected chi connectivity index (χ4v) is 8.16. The van der Waals surface area contributed by atoms with Crippen molar-refractivity contribution in [3.05, 3.63) is 102 Å². The van der Waals surface area contributed by atoms with Crippen molar-refractivity contribution in [2.75, 3.05) is 57.1 Å². The van der Waals surface area contributed by atoms with E-state index in [9.17, 15) is 24.0 Å². The number of rotatable bonds is 16. The molecule has 2 atom stereocenters. The van der Waals surface area contributed by atoms with Crippen LogP contribution in [0.2, 0.25) is 0 Å². The number of nitrogens with one attached hydrogen (secondary N) is 2. The van der Waals surface area contributed by atoms with Crippen LogP contribution in [0, 0.1) is 0 Å². The average molecular weight is 869 g/mol. The molecule has 20 nitrogen and oxygen atoms in total. The molecule has 20 heteroatoms. The highest BCUT2D eigenvalue weighted by Gasteiger charge is 2.45. The van der Waals surface area contributed by atoms with Crippen LogP contribution < -0.4 is 21.1 Å². The number of nitrogens with zero attached hydrogens (tertiary/aromatic N) is 9. The molecule has 4 N–H and O–H groups in total. The molecule has 3 aliphatic heterocycles. The Morgan fingerprint density at radius 2 is 1.67 bits per heavy atom. The molecule has 3 aliphatic rings. The van der Waals surface area contributed by atoms with Crippen LogP contribution in [0.25, 0.3) is 22.3 Å². The van der Waals surface area contributed by atoms with Gasteiger partial charge in [-0.05, 0) is 67.8 Å². The lowest BCUT2D eigenvalue weighted by molar-refractivity contribution is -0.136. The molecule has 0 bridgehead atoms. The van der Waals surface area contributed by atoms with Gasteiger partial charge < -0.3 is 30.2 Å². The van der Waals surface area contributed by atoms with Crippen LogP contribution >= 0.6 is 0 Å². The highest BCUT2D eigenvalue weighted by Crippen LogP contribution is 2.36. The summed E-state index contributed by atoms with van der Waals surface area (Å²) in [5.74, 6) is -0.743. The van der Waals surface area contributed by atoms with E-state index in [1.807, 2.05) is 59.3 Å². The summed E-state index contributed by atoms with van der Waals surface area (Å²) in [6.45, 7) is 2.86. The molecule has 6 heterocycles. The minimum Gasteiger partial charge on any atom is -0.457 e. The van der Waals surface area contributed by atoms with Gasteiger partial charge in [0, 0.05) is 37.3 Å². The third kappa shape index (κ3) is 8.59. The fourth-order valence-electron chi connectivity index (χ4n) is 8.16. The van der Waals surface area contributed by atoms with E-state index in [2.05, 4.69) is 30.9 Å². The first-order chi connectivity index (χ1) is 31.2. The van der Waals surface area contributed by atoms with Crippen LogP contribution in [-0.2, 0) is 25.6 Å². The molecule has 2 saturated heterocycles. The number of amides is 5. The van der Waals surface area contributed by atoms with Crippen molar-refractivity contribution in [2.45, 2.75) is 44.3 Å². The number of aromatic nitrogens is 7. The first-order valence-corrected chi connectivity index (χ1v) is 21.0. The molecule has 3 aromatic heterocycles. The lowest BCUT2D eigenvalue weighted by Crippen LogP contribution is -2.54. The van der Waals surface area contributed by atoms with E-state index in [-0.39, 0.29) is 48.2 Å². The number of fused-ring (bicyclic) bond motifs is 2. The monoisotopic (exact) mass is 868 g/mol. The zero-order valence-electron chi connectivity index (χ0n) is 34.6. The second-order valence-electron chi connectivity index (χ2n) is 15.4. The number of nitrogen functional groups attached to an aromatic ring is 1. The molecule has 3 aromatic carbocycles. The van der Waals surface area contributed by atoms with Crippen molar-refractivity contribution < 1.29 is 38.2 Å². The van der Waals surface area contributed by atoms with Crippen molar-refractivity contribution in [3.63, 3.8) is 0 Å². The number of benzene rings is 3. The number of para-hydroxylation sites is 1. The maximum atomic E-state index is 13.7. The lowest BCUT2D eigenvalue weighted by Gasteiger charge is -2.32. The summed E-state index contributed by atoms with van der Waals surface area (Å²) in [7, 11) is 0. The van der Waals surface area contributed by atoms with Gasteiger partial charge in [-0.1, -0.05) is 29.5 Å². The zero-order chi connectivity index (χ0) is 44.2. The fraction of sp³-hybridized carbons (Fsp3) is 0.318. The van der Waals surface area contributed by atoms with Gasteiger partial charge in [0.1, 0.15) is 35.4 Å². The van der Waals surface area contributed by atoms with E-state index in [1.165, 1.54) is 6.33 Å². The van der Waals surface area contributed by atoms with Crippen molar-refractivity contribution in [1.82, 2.24) is 49.9 Å². The number of carbonyl (C=O) groups excluding carboxylic acids is 5. The standard InChI is InChI=1S/C44H44N12O8/c45-39-37-38(27-11-13-30(14-12-27)64-29-7-2-1-3-8-29)51-56(40(37)48-26-47-39)28-6-5-18-53(24-28)43(60)33-25-54(52-50-33)19-21-63-23-22-62-20-17-46-32-10-4-9-31-36(32)44(61)55(42(31)59)34-15-16-35(57)49-41(34)58/h1-4,7-14,25-26,28,34,46H,5-6,15-24H2,(H2,45,47,48)(H,49,57,58). The first-order valence-electron chi connectivity index (χ1n) is 21.0. The quantitative estimate of drug-likeness (QED) is 0.0932. The smallest absolute Gasteiger partial charge is 0.276 e. The van der Waals surface area contributed by atoms with Crippen molar-refractivity contribution >= 4 is 52.1 Å². The Kier molecular flexibility index (Phi) is 12.0. The van der Waals surface area contributed by atoms with E-state index < -0.39 is 29.7 Å². The van der Waals surface area contributed by atoms with Crippen molar-refractivity contribution in [3.8, 4) is 22.8 Å². The third-order valence-electron chi connectivity index (χ3n) is 11.3. The van der Waals surface area contributed by atoms with Crippen LogP contribution in [0.1, 0.15) is 62.9 Å². The van der Waals surface area contributed by atoms with Gasteiger partial charge in [-0.3, -0.25) is 34.2 Å². The highest BCUT2D eigenvalue weighted by atomic mass is 16.5. The number of piperidine rings is 2. The predicted octanol–water partition coefficient (Wildman–Crippen LogP) is 3.48. The topological polar surface area (TPSA) is 244 Å². The summed E-state index contributed by atoms with van der Waals surface area (Å²) >= 11 is 0. The number of imide groups is 2. The molecule has 6 aromatic rings. The number of hydrogen-bond acceptors (Lipinski definition) is 15. The van der Waals surface area contributed by atoms with Crippen molar-refractivity contribution in [2.24, 2.45) is 0 Å². The Balaban J connectivity index is 0.728. The van der Waals surface area contributed by atoms with Crippen LogP contribution in [0.15, 0.2) is 85.3 Å². The Bertz CT molecular complexity index is 2720. The van der Waals surface area contributed by atoms with Gasteiger partial charge in [0.05, 0.1) is 61.7 Å². The summed E-state index contributed by atoms with van der Waals surface area (Å²) in [6, 6.07) is 20.8. The third-order valence-corrected chi connectivity index (χ3v) is 11.3. The molecule has 64 heavy (non-hydrogen) atoms. The average Bonchev–Trinajstić information content (AvgIpc) is 4.02. The second kappa shape index (κ2) is 18.4. The van der Waals surface area contributed by atoms with E-state index in [4.69, 9.17) is 25.0 Å². The number of nitrogens with two attached hydrogens (primary N) is 1. The van der Waals surface area contributed by atoms with Gasteiger partial charge in [-0.25, -0.2) is 19.3 Å². The van der Waals surface area contributed by atoms with Gasteiger partial charge in [-0.2, -0.15) is 5.10 Å². The molecule has 0 saturated carbocycles. The zero-order valence-corrected chi connectivity index (χ0v) is 34.6. The summed E-state index contributed by atoms with van der Waals surface area (Å²) in [4.78, 5) is 75.6. The molecule has 0 aliphatic carbocycles. The second-order valence-corrected chi connectivity index (χ2v) is 15.4. The van der Waals surface area contributed by atoms with Gasteiger partial charge in [0.25, 0.3) is 17.7 Å². The highest BCUT2D eigenvalue weighted by molar-refractivity contribution is 6.25. The molecule has 5 amide bonds. The van der Waals surface area contributed by atoms with Gasteiger partial charge in [-0.15, -0.1) is 5.10 Å². The molecule has 328 valence electrons. The molecule has 0 spiro atoms. The predicted molar refractivity (Wildman–Crippen MR) is 229 cm³/mol. The van der Waals surface area contributed by atoms with Gasteiger partial charge in [0.15, 0.2) is 11.3 Å². The molecule has 9 rings (SSSR count). The van der Waals surface area contributed by atoms with Gasteiger partial charge in [0.2, 0.25) is 11.8 Å². The summed E-state index contributed by atoms with van der Waals surface area (Å²) < 4.78 is 20.8. The van der Waals surface area contributed by atoms with Crippen molar-refractivity contribution in [1.29, 1.82) is 0 Å². The van der Waals surface area contributed by atoms with Crippen LogP contribution in [0.4, 0.5) is 11.5 Å². The van der Waals surface area contributed by atoms with E-state index >= 15 is 0 Å². The molecular formula is C44H44N12O8. The lowest BCUT2D eigenvalue weighted by atomic mass is 10.0. The number of likely N-dealkylation sites (tertiary alicyclic amines) is 1. The Morgan fingerprint density at radius 3 is 2.48 bits per heavy atom. The summed E-state index contributed by atoms with van der Waals surface area (Å²) in [5.41, 5.74) is 9.52. The van der Waals surface area contributed by atoms with Crippen LogP contribution in [0.5, 0.6) is 11.5 Å². The SMILES string of the molecule is Nc1ncnc2c1c(-c1ccc(Oc3ccccc3)cc1)nn2C1CCCN(C(=O)c2cn(CCOCCOCCNc3cccc4c3C(=O)N(C3CCC(=O)NC3=O)C4=O)nn2)C1. The number of anilines is 2. The maximum absolute atomic E-state index is 13.7. The minimum atomic E-state index is -1.04. The van der Waals surface area contributed by atoms with Crippen LogP contribution in [0.3, 0.4) is 0 Å². The van der Waals surface area contributed by atoms with Crippen LogP contribution in [-0.4, -0.2) is 126 Å². The largest absolute Gasteiger partial charge is 0.457 e. The van der Waals surface area contributed by atoms with E-state index in [0.29, 0.717) is 80.0 Å². The summed E-state index contributed by atoms with van der Waals surface area (Å²) in [6.07, 6.45) is 4.70. The number of ether oxygens (including phenoxy) is 3. The Morgan fingerprint density at radius 1 is 0.875 bits per heavy atom. The normalized spacial score (nSPS) is 17.5. The number of hydrogen-bond donors (Lipinski definition) is 3. The summed E-state index contributed by atoms with van der Waals surface area (Å²) in [5, 5.41) is 19.3. The minimum absolute atomic E-state index is 0.0474. The Hall–Kier alpha value is -7.58. The van der Waals surface area contributed by atoms with E-state index in [0.717, 1.165) is 29.1 Å².